The van der Waals surface area contributed by atoms with Gasteiger partial charge in [-0.3, -0.25) is 0 Å². The lowest BCUT2D eigenvalue weighted by atomic mass is 9.95. The predicted octanol–water partition coefficient (Wildman–Crippen LogP) is 6.78. The van der Waals surface area contributed by atoms with E-state index in [1.54, 1.807) is 5.57 Å². The zero-order valence-corrected chi connectivity index (χ0v) is 14.1. The lowest BCUT2D eigenvalue weighted by Crippen LogP contribution is -1.96. The van der Waals surface area contributed by atoms with Gasteiger partial charge in [-0.05, 0) is 38.5 Å². The summed E-state index contributed by atoms with van der Waals surface area (Å²) in [6.07, 6.45) is 9.70. The molecular formula is C18H36. The zero-order chi connectivity index (χ0) is 14.6. The fourth-order valence-corrected chi connectivity index (χ4v) is 1.40. The summed E-state index contributed by atoms with van der Waals surface area (Å²) in [7, 11) is 0. The highest BCUT2D eigenvalue weighted by Crippen LogP contribution is 2.19. The minimum atomic E-state index is 0.685. The van der Waals surface area contributed by atoms with E-state index in [0.29, 0.717) is 5.92 Å². The molecule has 0 radical (unpaired) electrons. The molecule has 1 atom stereocenters. The second kappa shape index (κ2) is 12.9. The first-order chi connectivity index (χ1) is 8.38. The largest absolute Gasteiger partial charge is 0.0845 e. The molecule has 0 aliphatic heterocycles. The maximum atomic E-state index is 2.46. The molecule has 0 heteroatoms. The van der Waals surface area contributed by atoms with Crippen LogP contribution in [0.15, 0.2) is 23.3 Å². The fourth-order valence-electron chi connectivity index (χ4n) is 1.40. The molecule has 0 spiro atoms. The Morgan fingerprint density at radius 2 is 1.44 bits per heavy atom. The maximum Gasteiger partial charge on any atom is -0.0134 e. The van der Waals surface area contributed by atoms with Crippen molar-refractivity contribution in [3.05, 3.63) is 23.3 Å². The molecule has 108 valence electrons. The van der Waals surface area contributed by atoms with Crippen molar-refractivity contribution in [2.75, 3.05) is 0 Å². The summed E-state index contributed by atoms with van der Waals surface area (Å²) >= 11 is 0. The van der Waals surface area contributed by atoms with E-state index in [-0.39, 0.29) is 0 Å². The number of allylic oxidation sites excluding steroid dienone is 4. The van der Waals surface area contributed by atoms with Crippen LogP contribution in [-0.4, -0.2) is 0 Å². The molecule has 0 aromatic rings. The standard InChI is InChI=1S/C15H28.C3H8/c1-7-14(6)9-11-15(13(4)5)10-8-12(2)3;1-3-2/h8,11,13-14H,7,9-10H2,1-6H3;3H2,1-2H3/b15-11+;. The Balaban J connectivity index is 0. The highest BCUT2D eigenvalue weighted by Gasteiger charge is 2.03. The molecule has 0 nitrogen and oxygen atoms in total. The van der Waals surface area contributed by atoms with Gasteiger partial charge in [0.05, 0.1) is 0 Å². The Labute approximate surface area is 117 Å². The van der Waals surface area contributed by atoms with Crippen molar-refractivity contribution in [1.29, 1.82) is 0 Å². The summed E-state index contributed by atoms with van der Waals surface area (Å²) in [5, 5.41) is 0. The molecular weight excluding hydrogens is 216 g/mol. The van der Waals surface area contributed by atoms with E-state index in [9.17, 15) is 0 Å². The quantitative estimate of drug-likeness (QED) is 0.457. The van der Waals surface area contributed by atoms with Crippen LogP contribution < -0.4 is 0 Å². The van der Waals surface area contributed by atoms with Crippen LogP contribution in [0.5, 0.6) is 0 Å². The molecule has 0 saturated carbocycles. The first-order valence-electron chi connectivity index (χ1n) is 7.71. The molecule has 0 fully saturated rings. The number of rotatable bonds is 6. The van der Waals surface area contributed by atoms with Crippen molar-refractivity contribution in [2.24, 2.45) is 11.8 Å². The van der Waals surface area contributed by atoms with Crippen LogP contribution >= 0.6 is 0 Å². The van der Waals surface area contributed by atoms with Gasteiger partial charge < -0.3 is 0 Å². The van der Waals surface area contributed by atoms with Gasteiger partial charge in [0.2, 0.25) is 0 Å². The van der Waals surface area contributed by atoms with Gasteiger partial charge in [-0.15, -0.1) is 0 Å². The molecule has 0 rings (SSSR count). The van der Waals surface area contributed by atoms with Gasteiger partial charge in [-0.2, -0.15) is 0 Å². The monoisotopic (exact) mass is 252 g/mol. The summed E-state index contributed by atoms with van der Waals surface area (Å²) in [4.78, 5) is 0. The number of hydrogen-bond acceptors (Lipinski definition) is 0. The SMILES string of the molecule is CCC.CCC(C)C/C=C(\CC=C(C)C)C(C)C. The van der Waals surface area contributed by atoms with Gasteiger partial charge in [0, 0.05) is 0 Å². The summed E-state index contributed by atoms with van der Waals surface area (Å²) in [5.74, 6) is 1.51. The minimum Gasteiger partial charge on any atom is -0.0845 e. The predicted molar refractivity (Wildman–Crippen MR) is 87.0 cm³/mol. The molecule has 0 amide bonds. The lowest BCUT2D eigenvalue weighted by Gasteiger charge is -2.11. The molecule has 0 bridgehead atoms. The van der Waals surface area contributed by atoms with E-state index < -0.39 is 0 Å². The third kappa shape index (κ3) is 13.5. The van der Waals surface area contributed by atoms with Crippen LogP contribution in [-0.2, 0) is 0 Å². The molecule has 0 N–H and O–H groups in total. The Morgan fingerprint density at radius 3 is 1.78 bits per heavy atom. The lowest BCUT2D eigenvalue weighted by molar-refractivity contribution is 0.565. The van der Waals surface area contributed by atoms with Crippen LogP contribution in [0.25, 0.3) is 0 Å². The smallest absolute Gasteiger partial charge is 0.0134 e. The minimum absolute atomic E-state index is 0.685. The summed E-state index contributed by atoms with van der Waals surface area (Å²) < 4.78 is 0. The molecule has 0 aromatic heterocycles. The Morgan fingerprint density at radius 1 is 0.944 bits per heavy atom. The normalized spacial score (nSPS) is 12.8. The van der Waals surface area contributed by atoms with E-state index in [1.807, 2.05) is 0 Å². The van der Waals surface area contributed by atoms with E-state index in [1.165, 1.54) is 24.8 Å². The van der Waals surface area contributed by atoms with Gasteiger partial charge in [0.1, 0.15) is 0 Å². The van der Waals surface area contributed by atoms with Gasteiger partial charge >= 0.3 is 0 Å². The van der Waals surface area contributed by atoms with Crippen molar-refractivity contribution in [1.82, 2.24) is 0 Å². The molecule has 0 aliphatic rings. The van der Waals surface area contributed by atoms with Crippen molar-refractivity contribution in [2.45, 2.75) is 81.1 Å². The second-order valence-electron chi connectivity index (χ2n) is 5.88. The van der Waals surface area contributed by atoms with Crippen LogP contribution in [0, 0.1) is 11.8 Å². The van der Waals surface area contributed by atoms with Crippen LogP contribution in [0.4, 0.5) is 0 Å². The summed E-state index contributed by atoms with van der Waals surface area (Å²) in [6.45, 7) is 17.8. The van der Waals surface area contributed by atoms with E-state index in [2.05, 4.69) is 67.5 Å². The number of hydrogen-bond donors (Lipinski definition) is 0. The highest BCUT2D eigenvalue weighted by molar-refractivity contribution is 5.12. The average molecular weight is 252 g/mol. The van der Waals surface area contributed by atoms with Gasteiger partial charge in [0.15, 0.2) is 0 Å². The molecule has 0 aliphatic carbocycles. The second-order valence-corrected chi connectivity index (χ2v) is 5.88. The van der Waals surface area contributed by atoms with Crippen molar-refractivity contribution >= 4 is 0 Å². The third-order valence-electron chi connectivity index (χ3n) is 2.97. The zero-order valence-electron chi connectivity index (χ0n) is 14.1. The molecule has 0 aromatic carbocycles. The maximum absolute atomic E-state index is 2.46. The van der Waals surface area contributed by atoms with E-state index >= 15 is 0 Å². The van der Waals surface area contributed by atoms with Crippen molar-refractivity contribution < 1.29 is 0 Å². The van der Waals surface area contributed by atoms with E-state index in [0.717, 1.165) is 12.3 Å². The molecule has 18 heavy (non-hydrogen) atoms. The van der Waals surface area contributed by atoms with Gasteiger partial charge in [-0.25, -0.2) is 0 Å². The average Bonchev–Trinajstić information content (AvgIpc) is 2.28. The molecule has 0 saturated heterocycles. The van der Waals surface area contributed by atoms with Gasteiger partial charge in [0.25, 0.3) is 0 Å². The Hall–Kier alpha value is -0.520. The first kappa shape index (κ1) is 19.8. The van der Waals surface area contributed by atoms with Gasteiger partial charge in [-0.1, -0.05) is 77.7 Å². The molecule has 1 unspecified atom stereocenters. The van der Waals surface area contributed by atoms with Crippen LogP contribution in [0.1, 0.15) is 81.1 Å². The van der Waals surface area contributed by atoms with Crippen LogP contribution in [0.2, 0.25) is 0 Å². The summed E-state index contributed by atoms with van der Waals surface area (Å²) in [5.41, 5.74) is 3.02. The Kier molecular flexibility index (Phi) is 14.2. The first-order valence-corrected chi connectivity index (χ1v) is 7.71. The van der Waals surface area contributed by atoms with Crippen molar-refractivity contribution in [3.8, 4) is 0 Å². The third-order valence-corrected chi connectivity index (χ3v) is 2.97. The topological polar surface area (TPSA) is 0 Å². The Bertz CT molecular complexity index is 226. The molecule has 0 heterocycles. The van der Waals surface area contributed by atoms with Crippen molar-refractivity contribution in [3.63, 3.8) is 0 Å². The highest BCUT2D eigenvalue weighted by atomic mass is 14.1. The van der Waals surface area contributed by atoms with E-state index in [4.69, 9.17) is 0 Å². The van der Waals surface area contributed by atoms with Crippen LogP contribution in [0.3, 0.4) is 0 Å². The fraction of sp³-hybridized carbons (Fsp3) is 0.778. The summed E-state index contributed by atoms with van der Waals surface area (Å²) in [6, 6.07) is 0.